The van der Waals surface area contributed by atoms with Crippen molar-refractivity contribution in [3.8, 4) is 11.5 Å². The van der Waals surface area contributed by atoms with Crippen LogP contribution in [0, 0.1) is 0 Å². The van der Waals surface area contributed by atoms with E-state index in [2.05, 4.69) is 5.32 Å². The number of anilines is 1. The summed E-state index contributed by atoms with van der Waals surface area (Å²) in [7, 11) is 0. The van der Waals surface area contributed by atoms with Crippen LogP contribution >= 0.6 is 11.6 Å². The molecule has 0 radical (unpaired) electrons. The number of hydrogen-bond donors (Lipinski definition) is 1. The summed E-state index contributed by atoms with van der Waals surface area (Å²) in [6.07, 6.45) is 0. The number of nitrogens with one attached hydrogen (secondary N) is 1. The van der Waals surface area contributed by atoms with Crippen molar-refractivity contribution < 1.29 is 18.9 Å². The second-order valence-electron chi connectivity index (χ2n) is 5.05. The zero-order valence-electron chi connectivity index (χ0n) is 10.9. The van der Waals surface area contributed by atoms with Crippen molar-refractivity contribution in [2.24, 2.45) is 0 Å². The predicted molar refractivity (Wildman–Crippen MR) is 71.0 cm³/mol. The highest BCUT2D eigenvalue weighted by atomic mass is 35.5. The lowest BCUT2D eigenvalue weighted by atomic mass is 10.2. The number of benzene rings is 1. The highest BCUT2D eigenvalue weighted by Crippen LogP contribution is 2.39. The van der Waals surface area contributed by atoms with Crippen molar-refractivity contribution in [3.63, 3.8) is 0 Å². The Balaban J connectivity index is 1.70. The largest absolute Gasteiger partial charge is 0.454 e. The molecule has 2 heterocycles. The Kier molecular flexibility index (Phi) is 3.20. The van der Waals surface area contributed by atoms with Gasteiger partial charge in [-0.3, -0.25) is 0 Å². The van der Waals surface area contributed by atoms with Gasteiger partial charge in [0.15, 0.2) is 17.3 Å². The van der Waals surface area contributed by atoms with Crippen molar-refractivity contribution in [1.82, 2.24) is 0 Å². The fourth-order valence-corrected chi connectivity index (χ4v) is 2.23. The molecule has 0 bridgehead atoms. The maximum atomic E-state index is 6.20. The average Bonchev–Trinajstić information content (AvgIpc) is 2.79. The van der Waals surface area contributed by atoms with Crippen LogP contribution < -0.4 is 14.8 Å². The van der Waals surface area contributed by atoms with Gasteiger partial charge in [-0.2, -0.15) is 0 Å². The molecule has 0 unspecified atom stereocenters. The van der Waals surface area contributed by atoms with Crippen LogP contribution in [0.4, 0.5) is 5.69 Å². The molecule has 0 aliphatic carbocycles. The Morgan fingerprint density at radius 2 is 1.79 bits per heavy atom. The topological polar surface area (TPSA) is 49.0 Å². The zero-order chi connectivity index (χ0) is 13.5. The number of fused-ring (bicyclic) bond motifs is 1. The van der Waals surface area contributed by atoms with Crippen LogP contribution in [0.15, 0.2) is 12.1 Å². The minimum absolute atomic E-state index is 0.0610. The molecule has 104 valence electrons. The second kappa shape index (κ2) is 4.74. The molecule has 19 heavy (non-hydrogen) atoms. The lowest BCUT2D eigenvalue weighted by Crippen LogP contribution is -2.45. The summed E-state index contributed by atoms with van der Waals surface area (Å²) in [5.41, 5.74) is 0.794. The lowest BCUT2D eigenvalue weighted by molar-refractivity contribution is -0.247. The molecule has 6 heteroatoms. The van der Waals surface area contributed by atoms with Crippen LogP contribution in [0.5, 0.6) is 11.5 Å². The minimum atomic E-state index is -0.517. The molecular formula is C13H16ClNO4. The second-order valence-corrected chi connectivity index (χ2v) is 5.46. The lowest BCUT2D eigenvalue weighted by Gasteiger charge is -2.35. The normalized spacial score (nSPS) is 21.4. The first-order valence-electron chi connectivity index (χ1n) is 6.17. The summed E-state index contributed by atoms with van der Waals surface area (Å²) in [4.78, 5) is 0. The van der Waals surface area contributed by atoms with Gasteiger partial charge in [-0.05, 0) is 13.8 Å². The number of halogens is 1. The summed E-state index contributed by atoms with van der Waals surface area (Å²) in [6.45, 7) is 5.17. The first-order valence-corrected chi connectivity index (χ1v) is 6.55. The van der Waals surface area contributed by atoms with E-state index in [4.69, 9.17) is 30.5 Å². The minimum Gasteiger partial charge on any atom is -0.454 e. The van der Waals surface area contributed by atoms with Gasteiger partial charge < -0.3 is 24.3 Å². The Morgan fingerprint density at radius 3 is 2.47 bits per heavy atom. The molecule has 0 atom stereocenters. The summed E-state index contributed by atoms with van der Waals surface area (Å²) < 4.78 is 21.8. The van der Waals surface area contributed by atoms with Crippen LogP contribution in [0.3, 0.4) is 0 Å². The van der Waals surface area contributed by atoms with Crippen molar-refractivity contribution in [1.29, 1.82) is 0 Å². The first kappa shape index (κ1) is 12.8. The van der Waals surface area contributed by atoms with Crippen LogP contribution in [-0.2, 0) is 9.47 Å². The molecule has 0 saturated carbocycles. The van der Waals surface area contributed by atoms with E-state index in [1.165, 1.54) is 0 Å². The molecule has 1 aromatic rings. The summed E-state index contributed by atoms with van der Waals surface area (Å²) in [6, 6.07) is 3.65. The molecular weight excluding hydrogens is 270 g/mol. The Morgan fingerprint density at radius 1 is 1.16 bits per heavy atom. The van der Waals surface area contributed by atoms with E-state index in [0.717, 1.165) is 5.69 Å². The van der Waals surface area contributed by atoms with Crippen LogP contribution in [-0.4, -0.2) is 31.8 Å². The van der Waals surface area contributed by atoms with E-state index >= 15 is 0 Å². The first-order chi connectivity index (χ1) is 9.03. The molecule has 1 N–H and O–H groups in total. The zero-order valence-corrected chi connectivity index (χ0v) is 11.6. The van der Waals surface area contributed by atoms with Gasteiger partial charge in [-0.25, -0.2) is 0 Å². The molecule has 2 aliphatic heterocycles. The molecule has 3 rings (SSSR count). The summed E-state index contributed by atoms with van der Waals surface area (Å²) >= 11 is 6.20. The smallest absolute Gasteiger partial charge is 0.231 e. The number of ether oxygens (including phenoxy) is 4. The third-order valence-corrected chi connectivity index (χ3v) is 3.40. The highest BCUT2D eigenvalue weighted by molar-refractivity contribution is 6.33. The Hall–Kier alpha value is -1.17. The van der Waals surface area contributed by atoms with E-state index in [9.17, 15) is 0 Å². The molecule has 1 fully saturated rings. The van der Waals surface area contributed by atoms with E-state index in [1.54, 1.807) is 6.07 Å². The molecule has 5 nitrogen and oxygen atoms in total. The molecule has 0 amide bonds. The third-order valence-electron chi connectivity index (χ3n) is 3.09. The standard InChI is InChI=1S/C13H16ClNO4/c1-13(2)18-5-8(6-19-13)15-10-4-12-11(3-9(10)14)16-7-17-12/h3-4,8,15H,5-7H2,1-2H3. The highest BCUT2D eigenvalue weighted by Gasteiger charge is 2.29. The maximum Gasteiger partial charge on any atom is 0.231 e. The molecule has 1 saturated heterocycles. The average molecular weight is 286 g/mol. The molecule has 1 aromatic carbocycles. The Labute approximate surface area is 116 Å². The Bertz CT molecular complexity index is 482. The monoisotopic (exact) mass is 285 g/mol. The SMILES string of the molecule is CC1(C)OCC(Nc2cc3c(cc2Cl)OCO3)CO1. The number of hydrogen-bond acceptors (Lipinski definition) is 5. The van der Waals surface area contributed by atoms with E-state index < -0.39 is 5.79 Å². The molecule has 0 spiro atoms. The van der Waals surface area contributed by atoms with E-state index in [0.29, 0.717) is 29.7 Å². The van der Waals surface area contributed by atoms with Crippen LogP contribution in [0.25, 0.3) is 0 Å². The van der Waals surface area contributed by atoms with Gasteiger partial charge in [-0.15, -0.1) is 0 Å². The van der Waals surface area contributed by atoms with E-state index in [-0.39, 0.29) is 12.8 Å². The molecule has 2 aliphatic rings. The summed E-state index contributed by atoms with van der Waals surface area (Å²) in [5, 5.41) is 3.89. The predicted octanol–water partition coefficient (Wildman–Crippen LogP) is 2.63. The van der Waals surface area contributed by atoms with Crippen molar-refractivity contribution >= 4 is 17.3 Å². The fourth-order valence-electron chi connectivity index (χ4n) is 2.02. The third kappa shape index (κ3) is 2.73. The van der Waals surface area contributed by atoms with Crippen molar-refractivity contribution in [3.05, 3.63) is 17.2 Å². The van der Waals surface area contributed by atoms with Crippen molar-refractivity contribution in [2.75, 3.05) is 25.3 Å². The van der Waals surface area contributed by atoms with Gasteiger partial charge in [0, 0.05) is 12.1 Å². The van der Waals surface area contributed by atoms with Crippen LogP contribution in [0.2, 0.25) is 5.02 Å². The fraction of sp³-hybridized carbons (Fsp3) is 0.538. The van der Waals surface area contributed by atoms with Gasteiger partial charge in [0.05, 0.1) is 30.0 Å². The van der Waals surface area contributed by atoms with Gasteiger partial charge in [-0.1, -0.05) is 11.6 Å². The number of rotatable bonds is 2. The van der Waals surface area contributed by atoms with Crippen LogP contribution in [0.1, 0.15) is 13.8 Å². The maximum absolute atomic E-state index is 6.20. The van der Waals surface area contributed by atoms with Gasteiger partial charge in [0.2, 0.25) is 6.79 Å². The van der Waals surface area contributed by atoms with E-state index in [1.807, 2.05) is 19.9 Å². The molecule has 0 aromatic heterocycles. The van der Waals surface area contributed by atoms with Crippen molar-refractivity contribution in [2.45, 2.75) is 25.7 Å². The van der Waals surface area contributed by atoms with Gasteiger partial charge in [0.25, 0.3) is 0 Å². The van der Waals surface area contributed by atoms with Gasteiger partial charge in [0.1, 0.15) is 0 Å². The summed E-state index contributed by atoms with van der Waals surface area (Å²) in [5.74, 6) is 0.856. The van der Waals surface area contributed by atoms with Gasteiger partial charge >= 0.3 is 0 Å². The quantitative estimate of drug-likeness (QED) is 0.905.